The zero-order valence-electron chi connectivity index (χ0n) is 13.1. The van der Waals surface area contributed by atoms with Crippen LogP contribution in [0, 0.1) is 11.8 Å². The highest BCUT2D eigenvalue weighted by atomic mass is 35.6. The first-order valence-corrected chi connectivity index (χ1v) is 8.20. The van der Waals surface area contributed by atoms with E-state index in [0.717, 1.165) is 0 Å². The van der Waals surface area contributed by atoms with E-state index in [4.69, 9.17) is 34.8 Å². The normalized spacial score (nSPS) is 25.8. The van der Waals surface area contributed by atoms with Crippen LogP contribution in [0.3, 0.4) is 0 Å². The first-order valence-electron chi connectivity index (χ1n) is 7.06. The van der Waals surface area contributed by atoms with E-state index in [1.54, 1.807) is 21.0 Å². The molecule has 0 aromatic carbocycles. The Morgan fingerprint density at radius 2 is 1.33 bits per heavy atom. The average Bonchev–Trinajstić information content (AvgIpc) is 2.35. The molecule has 0 radical (unpaired) electrons. The van der Waals surface area contributed by atoms with E-state index in [1.165, 1.54) is 9.80 Å². The van der Waals surface area contributed by atoms with Crippen LogP contribution in [0.15, 0.2) is 0 Å². The van der Waals surface area contributed by atoms with Crippen molar-refractivity contribution in [1.82, 2.24) is 9.80 Å². The highest BCUT2D eigenvalue weighted by Crippen LogP contribution is 2.38. The molecule has 21 heavy (non-hydrogen) atoms. The number of rotatable bonds is 4. The van der Waals surface area contributed by atoms with Crippen LogP contribution >= 0.6 is 34.8 Å². The van der Waals surface area contributed by atoms with E-state index in [2.05, 4.69) is 0 Å². The predicted octanol–water partition coefficient (Wildman–Crippen LogP) is 3.10. The SMILES string of the molecule is CC(C)CC1C(=O)N(C)C(CC(C)C(Cl)(Cl)Cl)C(=O)N1C. The van der Waals surface area contributed by atoms with Gasteiger partial charge in [-0.25, -0.2) is 0 Å². The minimum absolute atomic E-state index is 0.0488. The van der Waals surface area contributed by atoms with Crippen LogP contribution in [0.1, 0.15) is 33.6 Å². The quantitative estimate of drug-likeness (QED) is 0.725. The van der Waals surface area contributed by atoms with Crippen molar-refractivity contribution in [2.24, 2.45) is 11.8 Å². The summed E-state index contributed by atoms with van der Waals surface area (Å²) in [4.78, 5) is 28.1. The lowest BCUT2D eigenvalue weighted by Gasteiger charge is -2.43. The summed E-state index contributed by atoms with van der Waals surface area (Å²) in [7, 11) is 3.32. The smallest absolute Gasteiger partial charge is 0.245 e. The maximum Gasteiger partial charge on any atom is 0.245 e. The van der Waals surface area contributed by atoms with Crippen molar-refractivity contribution in [3.63, 3.8) is 0 Å². The number of carbonyl (C=O) groups is 2. The van der Waals surface area contributed by atoms with Gasteiger partial charge in [-0.1, -0.05) is 55.6 Å². The molecule has 0 saturated carbocycles. The molecular weight excluding hydrogens is 335 g/mol. The van der Waals surface area contributed by atoms with Gasteiger partial charge in [0.05, 0.1) is 0 Å². The standard InChI is InChI=1S/C14H23Cl3N2O2/c1-8(2)6-10-12(20)19(5)11(13(21)18(10)4)7-9(3)14(15,16)17/h8-11H,6-7H2,1-5H3. The van der Waals surface area contributed by atoms with Gasteiger partial charge >= 0.3 is 0 Å². The number of nitrogens with zero attached hydrogens (tertiary/aromatic N) is 2. The molecule has 0 spiro atoms. The van der Waals surface area contributed by atoms with Crippen LogP contribution < -0.4 is 0 Å². The van der Waals surface area contributed by atoms with Crippen LogP contribution in [-0.2, 0) is 9.59 Å². The fourth-order valence-electron chi connectivity index (χ4n) is 2.54. The highest BCUT2D eigenvalue weighted by molar-refractivity contribution is 6.67. The van der Waals surface area contributed by atoms with Crippen molar-refractivity contribution in [2.45, 2.75) is 49.5 Å². The van der Waals surface area contributed by atoms with E-state index in [9.17, 15) is 9.59 Å². The van der Waals surface area contributed by atoms with E-state index in [-0.39, 0.29) is 17.7 Å². The largest absolute Gasteiger partial charge is 0.332 e. The lowest BCUT2D eigenvalue weighted by atomic mass is 9.93. The van der Waals surface area contributed by atoms with Gasteiger partial charge in [0, 0.05) is 20.0 Å². The molecule has 0 aromatic heterocycles. The minimum Gasteiger partial charge on any atom is -0.332 e. The summed E-state index contributed by atoms with van der Waals surface area (Å²) in [5.74, 6) is -0.142. The van der Waals surface area contributed by atoms with Gasteiger partial charge in [0.1, 0.15) is 12.1 Å². The molecule has 2 amide bonds. The average molecular weight is 358 g/mol. The molecule has 1 aliphatic rings. The third kappa shape index (κ3) is 4.40. The van der Waals surface area contributed by atoms with Crippen molar-refractivity contribution in [1.29, 1.82) is 0 Å². The van der Waals surface area contributed by atoms with E-state index in [0.29, 0.717) is 18.8 Å². The summed E-state index contributed by atoms with van der Waals surface area (Å²) in [6, 6.07) is -0.974. The summed E-state index contributed by atoms with van der Waals surface area (Å²) in [5.41, 5.74) is 0. The first kappa shape index (κ1) is 18.9. The molecule has 0 bridgehead atoms. The van der Waals surface area contributed by atoms with Crippen molar-refractivity contribution in [3.8, 4) is 0 Å². The molecule has 1 saturated heterocycles. The van der Waals surface area contributed by atoms with E-state index in [1.807, 2.05) is 13.8 Å². The Hall–Kier alpha value is -0.190. The van der Waals surface area contributed by atoms with Crippen LogP contribution in [0.2, 0.25) is 0 Å². The second kappa shape index (κ2) is 6.93. The number of likely N-dealkylation sites (N-methyl/N-ethyl adjacent to an activating group) is 2. The molecule has 1 aliphatic heterocycles. The number of alkyl halides is 3. The summed E-state index contributed by atoms with van der Waals surface area (Å²) in [6.07, 6.45) is 0.981. The number of amides is 2. The Labute approximate surface area is 141 Å². The number of piperazine rings is 1. The van der Waals surface area contributed by atoms with Gasteiger partial charge in [-0.15, -0.1) is 0 Å². The van der Waals surface area contributed by atoms with Gasteiger partial charge in [-0.3, -0.25) is 9.59 Å². The molecule has 3 atom stereocenters. The lowest BCUT2D eigenvalue weighted by Crippen LogP contribution is -2.63. The Morgan fingerprint density at radius 1 is 0.952 bits per heavy atom. The molecule has 0 aliphatic carbocycles. The number of hydrogen-bond acceptors (Lipinski definition) is 2. The van der Waals surface area contributed by atoms with Crippen molar-refractivity contribution >= 4 is 46.6 Å². The number of halogens is 3. The lowest BCUT2D eigenvalue weighted by molar-refractivity contribution is -0.159. The predicted molar refractivity (Wildman–Crippen MR) is 86.6 cm³/mol. The summed E-state index contributed by atoms with van der Waals surface area (Å²) in [6.45, 7) is 5.82. The minimum atomic E-state index is -1.45. The molecule has 1 rings (SSSR count). The van der Waals surface area contributed by atoms with Gasteiger partial charge < -0.3 is 9.80 Å². The molecule has 1 fully saturated rings. The summed E-state index contributed by atoms with van der Waals surface area (Å²) >= 11 is 17.6. The molecule has 0 N–H and O–H groups in total. The maximum absolute atomic E-state index is 12.5. The van der Waals surface area contributed by atoms with Gasteiger partial charge in [0.15, 0.2) is 3.79 Å². The second-order valence-corrected chi connectivity index (χ2v) is 8.61. The third-order valence-corrected chi connectivity index (χ3v) is 5.15. The van der Waals surface area contributed by atoms with Crippen molar-refractivity contribution in [3.05, 3.63) is 0 Å². The number of hydrogen-bond donors (Lipinski definition) is 0. The first-order chi connectivity index (χ1) is 9.46. The van der Waals surface area contributed by atoms with Crippen LogP contribution in [0.4, 0.5) is 0 Å². The van der Waals surface area contributed by atoms with Crippen LogP contribution in [0.5, 0.6) is 0 Å². The molecule has 122 valence electrons. The highest BCUT2D eigenvalue weighted by Gasteiger charge is 2.44. The number of carbonyl (C=O) groups excluding carboxylic acids is 2. The Bertz CT molecular complexity index is 410. The Morgan fingerprint density at radius 3 is 1.67 bits per heavy atom. The van der Waals surface area contributed by atoms with Crippen molar-refractivity contribution in [2.75, 3.05) is 14.1 Å². The topological polar surface area (TPSA) is 40.6 Å². The van der Waals surface area contributed by atoms with Crippen LogP contribution in [0.25, 0.3) is 0 Å². The molecular formula is C14H23Cl3N2O2. The maximum atomic E-state index is 12.5. The third-order valence-electron chi connectivity index (χ3n) is 4.03. The van der Waals surface area contributed by atoms with Gasteiger partial charge in [-0.2, -0.15) is 0 Å². The molecule has 0 aromatic rings. The van der Waals surface area contributed by atoms with Crippen LogP contribution in [-0.4, -0.2) is 51.6 Å². The summed E-state index contributed by atoms with van der Waals surface area (Å²) < 4.78 is -1.45. The summed E-state index contributed by atoms with van der Waals surface area (Å²) in [5, 5.41) is 0. The van der Waals surface area contributed by atoms with E-state index < -0.39 is 15.9 Å². The van der Waals surface area contributed by atoms with Crippen molar-refractivity contribution < 1.29 is 9.59 Å². The fourth-order valence-corrected chi connectivity index (χ4v) is 2.81. The fraction of sp³-hybridized carbons (Fsp3) is 0.857. The molecule has 4 nitrogen and oxygen atoms in total. The van der Waals surface area contributed by atoms with Gasteiger partial charge in [-0.05, 0) is 18.8 Å². The monoisotopic (exact) mass is 356 g/mol. The van der Waals surface area contributed by atoms with E-state index >= 15 is 0 Å². The van der Waals surface area contributed by atoms with Gasteiger partial charge in [0.25, 0.3) is 0 Å². The van der Waals surface area contributed by atoms with Gasteiger partial charge in [0.2, 0.25) is 11.8 Å². The Balaban J connectivity index is 2.91. The molecule has 3 unspecified atom stereocenters. The zero-order valence-corrected chi connectivity index (χ0v) is 15.3. The molecule has 7 heteroatoms. The molecule has 1 heterocycles. The second-order valence-electron chi connectivity index (χ2n) is 6.24. The zero-order chi connectivity index (χ0) is 16.5. The Kier molecular flexibility index (Phi) is 6.22.